The lowest BCUT2D eigenvalue weighted by molar-refractivity contribution is -0.139. The van der Waals surface area contributed by atoms with Crippen LogP contribution in [0.25, 0.3) is 0 Å². The third-order valence-electron chi connectivity index (χ3n) is 5.04. The molecule has 0 bridgehead atoms. The molecule has 2 heterocycles. The number of hydrogen-bond donors (Lipinski definition) is 3. The molecule has 3 rings (SSSR count). The van der Waals surface area contributed by atoms with E-state index < -0.39 is 34.4 Å². The summed E-state index contributed by atoms with van der Waals surface area (Å²) >= 11 is 0. The van der Waals surface area contributed by atoms with Gasteiger partial charge in [0.1, 0.15) is 4.90 Å². The molecule has 2 atom stereocenters. The summed E-state index contributed by atoms with van der Waals surface area (Å²) < 4.78 is 27.0. The molecule has 0 spiro atoms. The predicted octanol–water partition coefficient (Wildman–Crippen LogP) is 0.435. The number of sulfonamides is 1. The number of carbonyl (C=O) groups is 2. The van der Waals surface area contributed by atoms with Crippen molar-refractivity contribution in [1.29, 1.82) is 0 Å². The predicted molar refractivity (Wildman–Crippen MR) is 102 cm³/mol. The number of hydrogen-bond acceptors (Lipinski definition) is 7. The van der Waals surface area contributed by atoms with E-state index in [1.54, 1.807) is 6.07 Å². The van der Waals surface area contributed by atoms with E-state index in [4.69, 9.17) is 5.73 Å². The molecule has 4 N–H and O–H groups in total. The van der Waals surface area contributed by atoms with Gasteiger partial charge in [-0.2, -0.15) is 4.31 Å². The van der Waals surface area contributed by atoms with E-state index in [0.717, 1.165) is 24.8 Å². The zero-order valence-corrected chi connectivity index (χ0v) is 16.2. The third-order valence-corrected chi connectivity index (χ3v) is 6.80. The van der Waals surface area contributed by atoms with Crippen molar-refractivity contribution in [3.05, 3.63) is 23.8 Å². The van der Waals surface area contributed by atoms with Crippen molar-refractivity contribution in [2.45, 2.75) is 43.5 Å². The lowest BCUT2D eigenvalue weighted by Crippen LogP contribution is -2.54. The maximum absolute atomic E-state index is 13.3. The first kappa shape index (κ1) is 19.8. The number of nitrogens with zero attached hydrogens (tertiary/aromatic N) is 1. The Kier molecular flexibility index (Phi) is 5.83. The average molecular weight is 394 g/mol. The second kappa shape index (κ2) is 7.95. The van der Waals surface area contributed by atoms with E-state index in [9.17, 15) is 18.0 Å². The molecule has 2 aliphatic heterocycles. The Balaban J connectivity index is 2.03. The van der Waals surface area contributed by atoms with Crippen molar-refractivity contribution in [2.24, 2.45) is 11.7 Å². The number of nitrogens with two attached hydrogens (primary N) is 1. The molecule has 148 valence electrons. The lowest BCUT2D eigenvalue weighted by Gasteiger charge is -2.30. The van der Waals surface area contributed by atoms with E-state index in [-0.39, 0.29) is 4.90 Å². The standard InChI is InChI=1S/C18H26N4O4S/c1-12-9-13-5-4-7-15(17(13)21-11-12)27(25,26)22(16(23)10-19)18(24)14-6-2-3-8-20-14/h4-5,7,12,14,20-21H,2-3,6,8-11,19H2,1H3. The summed E-state index contributed by atoms with van der Waals surface area (Å²) in [5, 5.41) is 6.15. The minimum Gasteiger partial charge on any atom is -0.383 e. The van der Waals surface area contributed by atoms with Crippen LogP contribution in [0.4, 0.5) is 5.69 Å². The number of carbonyl (C=O) groups excluding carboxylic acids is 2. The van der Waals surface area contributed by atoms with Crippen molar-refractivity contribution >= 4 is 27.5 Å². The molecule has 1 aromatic carbocycles. The summed E-state index contributed by atoms with van der Waals surface area (Å²) in [6, 6.07) is 4.22. The minimum atomic E-state index is -4.37. The second-order valence-corrected chi connectivity index (χ2v) is 8.94. The molecule has 1 fully saturated rings. The minimum absolute atomic E-state index is 0.0575. The van der Waals surface area contributed by atoms with Crippen LogP contribution < -0.4 is 16.4 Å². The fourth-order valence-electron chi connectivity index (χ4n) is 3.65. The monoisotopic (exact) mass is 394 g/mol. The largest absolute Gasteiger partial charge is 0.383 e. The van der Waals surface area contributed by atoms with Crippen LogP contribution in [0.1, 0.15) is 31.7 Å². The van der Waals surface area contributed by atoms with Gasteiger partial charge >= 0.3 is 0 Å². The molecule has 2 aliphatic rings. The van der Waals surface area contributed by atoms with E-state index in [1.807, 2.05) is 6.07 Å². The number of fused-ring (bicyclic) bond motifs is 1. The number of anilines is 1. The molecule has 2 amide bonds. The molecule has 0 aromatic heterocycles. The van der Waals surface area contributed by atoms with E-state index in [0.29, 0.717) is 35.4 Å². The third kappa shape index (κ3) is 3.85. The first-order chi connectivity index (χ1) is 12.9. The van der Waals surface area contributed by atoms with Crippen LogP contribution in [0.2, 0.25) is 0 Å². The molecule has 2 unspecified atom stereocenters. The van der Waals surface area contributed by atoms with Crippen LogP contribution in [0.5, 0.6) is 0 Å². The summed E-state index contributed by atoms with van der Waals surface area (Å²) in [6.07, 6.45) is 2.93. The van der Waals surface area contributed by atoms with Crippen LogP contribution in [-0.2, 0) is 26.0 Å². The van der Waals surface area contributed by atoms with Gasteiger partial charge in [-0.05, 0) is 43.4 Å². The molecule has 1 saturated heterocycles. The van der Waals surface area contributed by atoms with E-state index >= 15 is 0 Å². The van der Waals surface area contributed by atoms with Crippen LogP contribution in [0, 0.1) is 5.92 Å². The Bertz CT molecular complexity index is 834. The normalized spacial score (nSPS) is 22.4. The summed E-state index contributed by atoms with van der Waals surface area (Å²) in [5.41, 5.74) is 6.75. The summed E-state index contributed by atoms with van der Waals surface area (Å²) in [6.45, 7) is 2.75. The number of para-hydroxylation sites is 1. The Labute approximate surface area is 159 Å². The highest BCUT2D eigenvalue weighted by atomic mass is 32.2. The first-order valence-corrected chi connectivity index (χ1v) is 10.7. The molecule has 0 aliphatic carbocycles. The number of amides is 2. The number of rotatable bonds is 4. The summed E-state index contributed by atoms with van der Waals surface area (Å²) in [7, 11) is -4.37. The summed E-state index contributed by atoms with van der Waals surface area (Å²) in [4.78, 5) is 25.3. The SMILES string of the molecule is CC1CNc2c(cccc2S(=O)(=O)N(C(=O)CN)C(=O)C2CCCCN2)C1. The first-order valence-electron chi connectivity index (χ1n) is 9.27. The molecular formula is C18H26N4O4S. The van der Waals surface area contributed by atoms with Gasteiger partial charge in [-0.25, -0.2) is 8.42 Å². The average Bonchev–Trinajstić information content (AvgIpc) is 2.67. The highest BCUT2D eigenvalue weighted by molar-refractivity contribution is 7.90. The van der Waals surface area contributed by atoms with Gasteiger partial charge in [0.05, 0.1) is 18.3 Å². The van der Waals surface area contributed by atoms with E-state index in [2.05, 4.69) is 17.6 Å². The van der Waals surface area contributed by atoms with Gasteiger partial charge in [-0.15, -0.1) is 0 Å². The maximum atomic E-state index is 13.3. The second-order valence-electron chi connectivity index (χ2n) is 7.19. The molecule has 1 aromatic rings. The Hall–Kier alpha value is -1.97. The molecule has 9 heteroatoms. The highest BCUT2D eigenvalue weighted by Gasteiger charge is 2.40. The Morgan fingerprint density at radius 1 is 1.30 bits per heavy atom. The van der Waals surface area contributed by atoms with Gasteiger partial charge in [-0.3, -0.25) is 9.59 Å². The van der Waals surface area contributed by atoms with Crippen molar-refractivity contribution < 1.29 is 18.0 Å². The lowest BCUT2D eigenvalue weighted by atomic mass is 9.96. The Morgan fingerprint density at radius 3 is 2.74 bits per heavy atom. The van der Waals surface area contributed by atoms with E-state index in [1.165, 1.54) is 6.07 Å². The smallest absolute Gasteiger partial charge is 0.275 e. The number of benzene rings is 1. The van der Waals surface area contributed by atoms with Crippen molar-refractivity contribution in [1.82, 2.24) is 9.62 Å². The van der Waals surface area contributed by atoms with Crippen LogP contribution >= 0.6 is 0 Å². The van der Waals surface area contributed by atoms with Gasteiger partial charge in [0.2, 0.25) is 0 Å². The zero-order valence-electron chi connectivity index (χ0n) is 15.4. The van der Waals surface area contributed by atoms with Crippen molar-refractivity contribution in [3.8, 4) is 0 Å². The molecule has 0 saturated carbocycles. The zero-order chi connectivity index (χ0) is 19.6. The maximum Gasteiger partial charge on any atom is 0.275 e. The quantitative estimate of drug-likeness (QED) is 0.677. The van der Waals surface area contributed by atoms with Gasteiger partial charge in [0, 0.05) is 6.54 Å². The number of nitrogens with one attached hydrogen (secondary N) is 2. The molecule has 0 radical (unpaired) electrons. The fourth-order valence-corrected chi connectivity index (χ4v) is 5.26. The van der Waals surface area contributed by atoms with Crippen molar-refractivity contribution in [3.63, 3.8) is 0 Å². The van der Waals surface area contributed by atoms with Gasteiger partial charge in [-0.1, -0.05) is 25.5 Å². The van der Waals surface area contributed by atoms with Gasteiger partial charge < -0.3 is 16.4 Å². The van der Waals surface area contributed by atoms with Gasteiger partial charge in [0.15, 0.2) is 0 Å². The highest BCUT2D eigenvalue weighted by Crippen LogP contribution is 2.33. The van der Waals surface area contributed by atoms with Crippen LogP contribution in [-0.4, -0.2) is 50.2 Å². The molecular weight excluding hydrogens is 368 g/mol. The summed E-state index contributed by atoms with van der Waals surface area (Å²) in [5.74, 6) is -1.31. The van der Waals surface area contributed by atoms with Crippen LogP contribution in [0.15, 0.2) is 23.1 Å². The molecule has 8 nitrogen and oxygen atoms in total. The fraction of sp³-hybridized carbons (Fsp3) is 0.556. The number of imide groups is 1. The Morgan fingerprint density at radius 2 is 2.07 bits per heavy atom. The topological polar surface area (TPSA) is 122 Å². The van der Waals surface area contributed by atoms with Crippen molar-refractivity contribution in [2.75, 3.05) is 25.0 Å². The molecule has 27 heavy (non-hydrogen) atoms. The van der Waals surface area contributed by atoms with Gasteiger partial charge in [0.25, 0.3) is 21.8 Å². The number of piperidine rings is 1. The van der Waals surface area contributed by atoms with Crippen LogP contribution in [0.3, 0.4) is 0 Å².